The maximum absolute atomic E-state index is 12.4. The summed E-state index contributed by atoms with van der Waals surface area (Å²) in [5.41, 5.74) is 6.03. The van der Waals surface area contributed by atoms with E-state index < -0.39 is 10.0 Å². The summed E-state index contributed by atoms with van der Waals surface area (Å²) < 4.78 is 31.4. The van der Waals surface area contributed by atoms with Gasteiger partial charge < -0.3 is 15.6 Å². The molecule has 0 aromatic heterocycles. The van der Waals surface area contributed by atoms with Crippen LogP contribution in [0.1, 0.15) is 0 Å². The lowest BCUT2D eigenvalue weighted by atomic mass is 10.3. The summed E-state index contributed by atoms with van der Waals surface area (Å²) >= 11 is 3.21. The van der Waals surface area contributed by atoms with Crippen LogP contribution in [-0.2, 0) is 14.8 Å². The van der Waals surface area contributed by atoms with Crippen molar-refractivity contribution in [1.82, 2.24) is 4.31 Å². The number of nitrogens with zero attached hydrogens (tertiary/aromatic N) is 1. The van der Waals surface area contributed by atoms with E-state index in [9.17, 15) is 8.42 Å². The molecule has 0 unspecified atom stereocenters. The Bertz CT molecular complexity index is 521. The number of benzene rings is 1. The fourth-order valence-corrected chi connectivity index (χ4v) is 3.19. The summed E-state index contributed by atoms with van der Waals surface area (Å²) in [5, 5.41) is 8.97. The second kappa shape index (κ2) is 7.20. The van der Waals surface area contributed by atoms with Crippen LogP contribution in [0.5, 0.6) is 0 Å². The summed E-state index contributed by atoms with van der Waals surface area (Å²) in [6.45, 7) is 0.192. The second-order valence-electron chi connectivity index (χ2n) is 3.80. The van der Waals surface area contributed by atoms with Gasteiger partial charge in [0.25, 0.3) is 0 Å². The molecule has 0 atom stereocenters. The average molecular weight is 353 g/mol. The van der Waals surface area contributed by atoms with Crippen molar-refractivity contribution >= 4 is 31.6 Å². The highest BCUT2D eigenvalue weighted by atomic mass is 79.9. The van der Waals surface area contributed by atoms with Gasteiger partial charge in [-0.05, 0) is 34.1 Å². The minimum Gasteiger partial charge on any atom is -0.398 e. The molecular weight excluding hydrogens is 336 g/mol. The monoisotopic (exact) mass is 352 g/mol. The van der Waals surface area contributed by atoms with Crippen molar-refractivity contribution in [3.8, 4) is 0 Å². The fourth-order valence-electron chi connectivity index (χ4n) is 1.49. The number of ether oxygens (including phenoxy) is 1. The molecule has 0 saturated carbocycles. The molecule has 108 valence electrons. The molecule has 0 saturated heterocycles. The Morgan fingerprint density at radius 1 is 1.42 bits per heavy atom. The van der Waals surface area contributed by atoms with Gasteiger partial charge in [-0.25, -0.2) is 8.42 Å². The summed E-state index contributed by atoms with van der Waals surface area (Å²) in [7, 11) is -2.19. The fraction of sp³-hybridized carbons (Fsp3) is 0.455. The van der Waals surface area contributed by atoms with Crippen LogP contribution in [0.15, 0.2) is 27.6 Å². The Morgan fingerprint density at radius 2 is 2.11 bits per heavy atom. The van der Waals surface area contributed by atoms with Gasteiger partial charge in [0.1, 0.15) is 0 Å². The van der Waals surface area contributed by atoms with E-state index in [1.54, 1.807) is 6.07 Å². The number of anilines is 1. The number of aliphatic hydroxyl groups excluding tert-OH is 1. The lowest BCUT2D eigenvalue weighted by molar-refractivity contribution is 0.168. The van der Waals surface area contributed by atoms with E-state index in [-0.39, 0.29) is 31.2 Å². The topological polar surface area (TPSA) is 92.9 Å². The van der Waals surface area contributed by atoms with E-state index in [4.69, 9.17) is 15.6 Å². The number of nitrogen functional groups attached to an aromatic ring is 1. The Balaban J connectivity index is 3.07. The molecule has 0 aliphatic heterocycles. The van der Waals surface area contributed by atoms with Crippen LogP contribution in [0, 0.1) is 0 Å². The van der Waals surface area contributed by atoms with Crippen molar-refractivity contribution in [3.63, 3.8) is 0 Å². The highest BCUT2D eigenvalue weighted by molar-refractivity contribution is 9.10. The molecule has 19 heavy (non-hydrogen) atoms. The minimum atomic E-state index is -3.68. The number of hydrogen-bond acceptors (Lipinski definition) is 5. The van der Waals surface area contributed by atoms with Gasteiger partial charge in [0, 0.05) is 30.4 Å². The molecule has 0 radical (unpaired) electrons. The van der Waals surface area contributed by atoms with Crippen LogP contribution < -0.4 is 5.73 Å². The van der Waals surface area contributed by atoms with Gasteiger partial charge in [-0.3, -0.25) is 0 Å². The standard InChI is InChI=1S/C11H17BrN2O4S/c1-18-7-5-14(4-6-15)19(16,17)9-2-3-10(12)11(13)8-9/h2-3,8,15H,4-7,13H2,1H3. The van der Waals surface area contributed by atoms with Crippen LogP contribution in [0.3, 0.4) is 0 Å². The third-order valence-corrected chi connectivity index (χ3v) is 5.12. The molecule has 0 spiro atoms. The third kappa shape index (κ3) is 4.15. The zero-order chi connectivity index (χ0) is 14.5. The first-order chi connectivity index (χ1) is 8.93. The molecule has 8 heteroatoms. The quantitative estimate of drug-likeness (QED) is 0.703. The number of hydrogen-bond donors (Lipinski definition) is 2. The van der Waals surface area contributed by atoms with Gasteiger partial charge in [-0.15, -0.1) is 0 Å². The Morgan fingerprint density at radius 3 is 2.63 bits per heavy atom. The molecule has 6 nitrogen and oxygen atoms in total. The molecular formula is C11H17BrN2O4S. The van der Waals surface area contributed by atoms with Gasteiger partial charge in [0.15, 0.2) is 0 Å². The molecule has 1 aromatic carbocycles. The SMILES string of the molecule is COCCN(CCO)S(=O)(=O)c1ccc(Br)c(N)c1. The first kappa shape index (κ1) is 16.4. The van der Waals surface area contributed by atoms with Crippen LogP contribution >= 0.6 is 15.9 Å². The van der Waals surface area contributed by atoms with Gasteiger partial charge in [0.2, 0.25) is 10.0 Å². The third-order valence-electron chi connectivity index (χ3n) is 2.50. The maximum atomic E-state index is 12.4. The van der Waals surface area contributed by atoms with E-state index in [1.807, 2.05) is 0 Å². The molecule has 0 heterocycles. The highest BCUT2D eigenvalue weighted by Gasteiger charge is 2.24. The minimum absolute atomic E-state index is 0.0155. The number of methoxy groups -OCH3 is 1. The van der Waals surface area contributed by atoms with Crippen molar-refractivity contribution in [2.45, 2.75) is 4.90 Å². The first-order valence-corrected chi connectivity index (χ1v) is 7.81. The molecule has 0 fully saturated rings. The normalized spacial score (nSPS) is 12.0. The number of halogens is 1. The molecule has 0 aliphatic carbocycles. The van der Waals surface area contributed by atoms with Crippen LogP contribution in [-0.4, -0.2) is 51.2 Å². The van der Waals surface area contributed by atoms with E-state index in [0.29, 0.717) is 10.2 Å². The molecule has 1 aromatic rings. The lowest BCUT2D eigenvalue weighted by Gasteiger charge is -2.21. The van der Waals surface area contributed by atoms with Crippen molar-refractivity contribution in [2.75, 3.05) is 39.1 Å². The maximum Gasteiger partial charge on any atom is 0.243 e. The van der Waals surface area contributed by atoms with Gasteiger partial charge in [-0.1, -0.05) is 0 Å². The first-order valence-electron chi connectivity index (χ1n) is 5.58. The van der Waals surface area contributed by atoms with Crippen LogP contribution in [0.25, 0.3) is 0 Å². The van der Waals surface area contributed by atoms with Gasteiger partial charge in [0.05, 0.1) is 18.1 Å². The highest BCUT2D eigenvalue weighted by Crippen LogP contribution is 2.24. The predicted octanol–water partition coefficient (Wildman–Crippen LogP) is 0.661. The molecule has 3 N–H and O–H groups in total. The van der Waals surface area contributed by atoms with E-state index in [1.165, 1.54) is 23.5 Å². The second-order valence-corrected chi connectivity index (χ2v) is 6.60. The number of nitrogens with two attached hydrogens (primary N) is 1. The summed E-state index contributed by atoms with van der Waals surface area (Å²) in [5.74, 6) is 0. The molecule has 0 aliphatic rings. The smallest absolute Gasteiger partial charge is 0.243 e. The Labute approximate surface area is 121 Å². The number of rotatable bonds is 7. The predicted molar refractivity (Wildman–Crippen MR) is 76.3 cm³/mol. The number of sulfonamides is 1. The summed E-state index contributed by atoms with van der Waals surface area (Å²) in [6, 6.07) is 4.43. The van der Waals surface area contributed by atoms with Crippen molar-refractivity contribution < 1.29 is 18.3 Å². The van der Waals surface area contributed by atoms with Gasteiger partial charge in [-0.2, -0.15) is 4.31 Å². The molecule has 0 amide bonds. The zero-order valence-corrected chi connectivity index (χ0v) is 12.9. The largest absolute Gasteiger partial charge is 0.398 e. The zero-order valence-electron chi connectivity index (χ0n) is 10.5. The van der Waals surface area contributed by atoms with E-state index >= 15 is 0 Å². The number of aliphatic hydroxyl groups is 1. The van der Waals surface area contributed by atoms with Crippen LogP contribution in [0.4, 0.5) is 5.69 Å². The van der Waals surface area contributed by atoms with Crippen molar-refractivity contribution in [3.05, 3.63) is 22.7 Å². The molecule has 1 rings (SSSR count). The van der Waals surface area contributed by atoms with Gasteiger partial charge >= 0.3 is 0 Å². The Kier molecular flexibility index (Phi) is 6.21. The van der Waals surface area contributed by atoms with E-state index in [0.717, 1.165) is 0 Å². The summed E-state index contributed by atoms with van der Waals surface area (Å²) in [6.07, 6.45) is 0. The summed E-state index contributed by atoms with van der Waals surface area (Å²) in [4.78, 5) is 0.0951. The average Bonchev–Trinajstić information content (AvgIpc) is 2.37. The van der Waals surface area contributed by atoms with E-state index in [2.05, 4.69) is 15.9 Å². The van der Waals surface area contributed by atoms with Crippen molar-refractivity contribution in [1.29, 1.82) is 0 Å². The molecule has 0 bridgehead atoms. The van der Waals surface area contributed by atoms with Crippen molar-refractivity contribution in [2.24, 2.45) is 0 Å². The Hall–Kier alpha value is -0.670. The lowest BCUT2D eigenvalue weighted by Crippen LogP contribution is -2.36. The van der Waals surface area contributed by atoms with Crippen LogP contribution in [0.2, 0.25) is 0 Å².